The highest BCUT2D eigenvalue weighted by atomic mass is 32.2. The van der Waals surface area contributed by atoms with Crippen LogP contribution in [0.4, 0.5) is 11.4 Å². The first-order chi connectivity index (χ1) is 15.2. The first-order valence-electron chi connectivity index (χ1n) is 8.89. The number of thioether (sulfide) groups is 1. The molecule has 0 atom stereocenters. The van der Waals surface area contributed by atoms with Crippen molar-refractivity contribution in [3.63, 3.8) is 0 Å². The molecule has 32 heavy (non-hydrogen) atoms. The van der Waals surface area contributed by atoms with Gasteiger partial charge < -0.3 is 4.74 Å². The molecule has 0 aliphatic rings. The Kier molecular flexibility index (Phi) is 8.71. The number of nitro benzene ring substituents is 1. The molecule has 0 saturated heterocycles. The summed E-state index contributed by atoms with van der Waals surface area (Å²) >= 11 is 1.09. The highest BCUT2D eigenvalue weighted by Gasteiger charge is 2.23. The molecule has 0 bridgehead atoms. The topological polar surface area (TPSA) is 160 Å². The summed E-state index contributed by atoms with van der Waals surface area (Å²) < 4.78 is 31.5. The minimum atomic E-state index is -4.25. The first kappa shape index (κ1) is 24.8. The number of amides is 1. The normalized spacial score (nSPS) is 10.8. The molecule has 0 unspecified atom stereocenters. The number of rotatable bonds is 10. The fourth-order valence-corrected chi connectivity index (χ4v) is 4.03. The Hall–Kier alpha value is -3.47. The summed E-state index contributed by atoms with van der Waals surface area (Å²) in [5.74, 6) is -1.71. The van der Waals surface area contributed by atoms with Crippen LogP contribution in [0.3, 0.4) is 0 Å². The molecule has 2 aromatic rings. The van der Waals surface area contributed by atoms with E-state index in [1.807, 2.05) is 10.8 Å². The number of ether oxygens (including phenoxy) is 1. The Bertz CT molecular complexity index is 1150. The molecule has 2 aromatic carbocycles. The van der Waals surface area contributed by atoms with Gasteiger partial charge in [-0.15, -0.1) is 11.8 Å². The lowest BCUT2D eigenvalue weighted by Gasteiger charge is -2.19. The molecule has 1 N–H and O–H groups in total. The third kappa shape index (κ3) is 6.51. The highest BCUT2D eigenvalue weighted by molar-refractivity contribution is 7.98. The molecule has 0 aliphatic heterocycles. The fraction of sp³-hybridized carbons (Fsp3) is 0.211. The molecule has 0 spiro atoms. The number of anilines is 1. The first-order valence-corrected chi connectivity index (χ1v) is 11.6. The van der Waals surface area contributed by atoms with Crippen LogP contribution < -0.4 is 9.62 Å². The molecule has 11 nitrogen and oxygen atoms in total. The van der Waals surface area contributed by atoms with Crippen molar-refractivity contribution in [3.05, 3.63) is 58.6 Å². The van der Waals surface area contributed by atoms with Crippen LogP contribution in [0.1, 0.15) is 0 Å². The second kappa shape index (κ2) is 11.2. The molecular weight excluding hydrogens is 460 g/mol. The molecule has 0 fully saturated rings. The Labute approximate surface area is 188 Å². The van der Waals surface area contributed by atoms with Crippen molar-refractivity contribution in [3.8, 4) is 6.07 Å². The number of benzene rings is 2. The molecule has 0 saturated carbocycles. The van der Waals surface area contributed by atoms with Crippen molar-refractivity contribution in [1.82, 2.24) is 4.72 Å². The molecule has 2 rings (SSSR count). The van der Waals surface area contributed by atoms with Crippen LogP contribution >= 0.6 is 11.8 Å². The minimum absolute atomic E-state index is 0.266. The quantitative estimate of drug-likeness (QED) is 0.176. The summed E-state index contributed by atoms with van der Waals surface area (Å²) in [6.45, 7) is -1.76. The summed E-state index contributed by atoms with van der Waals surface area (Å²) in [6, 6.07) is 13.5. The van der Waals surface area contributed by atoms with Crippen molar-refractivity contribution in [2.24, 2.45) is 0 Å². The number of nitro groups is 1. The number of carbonyl (C=O) groups is 2. The van der Waals surface area contributed by atoms with Gasteiger partial charge in [0.15, 0.2) is 6.61 Å². The van der Waals surface area contributed by atoms with Gasteiger partial charge >= 0.3 is 5.97 Å². The van der Waals surface area contributed by atoms with Crippen molar-refractivity contribution < 1.29 is 27.7 Å². The van der Waals surface area contributed by atoms with Crippen molar-refractivity contribution >= 4 is 45.0 Å². The van der Waals surface area contributed by atoms with Crippen LogP contribution in [-0.2, 0) is 24.3 Å². The number of para-hydroxylation sites is 1. The average molecular weight is 479 g/mol. The third-order valence-corrected chi connectivity index (χ3v) is 6.20. The van der Waals surface area contributed by atoms with Crippen molar-refractivity contribution in [2.45, 2.75) is 9.79 Å². The number of esters is 1. The second-order valence-electron chi connectivity index (χ2n) is 6.05. The van der Waals surface area contributed by atoms with E-state index < -0.39 is 44.9 Å². The lowest BCUT2D eigenvalue weighted by Crippen LogP contribution is -2.37. The number of nitriles is 1. The van der Waals surface area contributed by atoms with E-state index in [0.717, 1.165) is 22.7 Å². The van der Waals surface area contributed by atoms with E-state index in [-0.39, 0.29) is 17.1 Å². The van der Waals surface area contributed by atoms with Gasteiger partial charge in [0.05, 0.1) is 20.8 Å². The van der Waals surface area contributed by atoms with Crippen LogP contribution in [0.2, 0.25) is 0 Å². The van der Waals surface area contributed by atoms with Gasteiger partial charge in [-0.3, -0.25) is 24.6 Å². The lowest BCUT2D eigenvalue weighted by atomic mass is 10.3. The summed E-state index contributed by atoms with van der Waals surface area (Å²) in [4.78, 5) is 35.7. The van der Waals surface area contributed by atoms with Gasteiger partial charge in [-0.25, -0.2) is 8.42 Å². The maximum atomic E-state index is 12.4. The molecule has 0 heterocycles. The number of nitrogens with one attached hydrogen (secondary N) is 1. The molecule has 0 aliphatic carbocycles. The van der Waals surface area contributed by atoms with E-state index in [9.17, 15) is 28.1 Å². The van der Waals surface area contributed by atoms with E-state index in [4.69, 9.17) is 10.00 Å². The van der Waals surface area contributed by atoms with Gasteiger partial charge in [0.25, 0.3) is 11.6 Å². The predicted octanol–water partition coefficient (Wildman–Crippen LogP) is 1.69. The number of hydrogen-bond acceptors (Lipinski definition) is 9. The van der Waals surface area contributed by atoms with E-state index in [2.05, 4.69) is 0 Å². The average Bonchev–Trinajstić information content (AvgIpc) is 2.79. The monoisotopic (exact) mass is 478 g/mol. The fourth-order valence-electron chi connectivity index (χ4n) is 2.49. The smallest absolute Gasteiger partial charge is 0.321 e. The standard InChI is InChI=1S/C19H18N4O7S2/c1-31-17-8-7-15(11-16(17)23(26)27)32(28,29)21-12-19(25)30-13-18(24)22(10-9-20)14-5-3-2-4-6-14/h2-8,11,21H,10,12-13H2,1H3. The van der Waals surface area contributed by atoms with E-state index in [1.54, 1.807) is 36.6 Å². The van der Waals surface area contributed by atoms with Crippen LogP contribution in [0.25, 0.3) is 0 Å². The number of hydrogen-bond donors (Lipinski definition) is 1. The summed E-state index contributed by atoms with van der Waals surface area (Å²) in [6.07, 6.45) is 1.61. The molecular formula is C19H18N4O7S2. The van der Waals surface area contributed by atoms with E-state index in [1.165, 1.54) is 12.1 Å². The summed E-state index contributed by atoms with van der Waals surface area (Å²) in [7, 11) is -4.25. The van der Waals surface area contributed by atoms with Crippen molar-refractivity contribution in [1.29, 1.82) is 5.26 Å². The highest BCUT2D eigenvalue weighted by Crippen LogP contribution is 2.29. The predicted molar refractivity (Wildman–Crippen MR) is 115 cm³/mol. The lowest BCUT2D eigenvalue weighted by molar-refractivity contribution is -0.388. The number of sulfonamides is 1. The van der Waals surface area contributed by atoms with Gasteiger partial charge in [-0.05, 0) is 30.5 Å². The second-order valence-corrected chi connectivity index (χ2v) is 8.66. The summed E-state index contributed by atoms with van der Waals surface area (Å²) in [5.41, 5.74) is 0.0538. The minimum Gasteiger partial charge on any atom is -0.455 e. The van der Waals surface area contributed by atoms with Crippen molar-refractivity contribution in [2.75, 3.05) is 30.9 Å². The van der Waals surface area contributed by atoms with Gasteiger partial charge in [0.2, 0.25) is 10.0 Å². The van der Waals surface area contributed by atoms with E-state index >= 15 is 0 Å². The SMILES string of the molecule is CSc1ccc(S(=O)(=O)NCC(=O)OCC(=O)N(CC#N)c2ccccc2)cc1[N+](=O)[O-]. The van der Waals surface area contributed by atoms with Gasteiger partial charge in [-0.2, -0.15) is 9.98 Å². The van der Waals surface area contributed by atoms with Crippen LogP contribution in [-0.4, -0.2) is 51.2 Å². The van der Waals surface area contributed by atoms with Crippen LogP contribution in [0, 0.1) is 21.4 Å². The largest absolute Gasteiger partial charge is 0.455 e. The Morgan fingerprint density at radius 1 is 1.25 bits per heavy atom. The van der Waals surface area contributed by atoms with Crippen LogP contribution in [0.5, 0.6) is 0 Å². The van der Waals surface area contributed by atoms with Gasteiger partial charge in [0, 0.05) is 11.8 Å². The maximum absolute atomic E-state index is 12.4. The third-order valence-electron chi connectivity index (χ3n) is 4.02. The zero-order valence-corrected chi connectivity index (χ0v) is 18.4. The maximum Gasteiger partial charge on any atom is 0.321 e. The molecule has 0 radical (unpaired) electrons. The molecule has 13 heteroatoms. The molecule has 1 amide bonds. The Morgan fingerprint density at radius 3 is 2.53 bits per heavy atom. The van der Waals surface area contributed by atoms with Gasteiger partial charge in [0.1, 0.15) is 13.1 Å². The molecule has 0 aromatic heterocycles. The summed E-state index contributed by atoms with van der Waals surface area (Å²) in [5, 5.41) is 20.0. The van der Waals surface area contributed by atoms with E-state index in [0.29, 0.717) is 5.69 Å². The Morgan fingerprint density at radius 2 is 1.94 bits per heavy atom. The van der Waals surface area contributed by atoms with Crippen LogP contribution in [0.15, 0.2) is 58.3 Å². The number of nitrogens with zero attached hydrogens (tertiary/aromatic N) is 3. The zero-order valence-electron chi connectivity index (χ0n) is 16.8. The van der Waals surface area contributed by atoms with Gasteiger partial charge in [-0.1, -0.05) is 18.2 Å². The zero-order chi connectivity index (χ0) is 23.7. The number of carbonyl (C=O) groups excluding carboxylic acids is 2. The Balaban J connectivity index is 1.99. The molecule has 168 valence electrons.